The summed E-state index contributed by atoms with van der Waals surface area (Å²) in [6.45, 7) is 6.26. The van der Waals surface area contributed by atoms with Gasteiger partial charge in [-0.25, -0.2) is 0 Å². The van der Waals surface area contributed by atoms with Gasteiger partial charge in [-0.05, 0) is 12.8 Å². The van der Waals surface area contributed by atoms with Crippen molar-refractivity contribution in [2.24, 2.45) is 5.92 Å². The molecule has 0 radical (unpaired) electrons. The Balaban J connectivity index is 1.95. The van der Waals surface area contributed by atoms with Crippen LogP contribution in [0.15, 0.2) is 0 Å². The topological polar surface area (TPSA) is 49.8 Å². The molecule has 0 aromatic carbocycles. The molecule has 1 fully saturated rings. The first-order valence-electron chi connectivity index (χ1n) is 4.74. The maximum Gasteiger partial charge on any atom is 0.303 e. The molecule has 76 valence electrons. The first-order valence-corrected chi connectivity index (χ1v) is 4.74. The lowest BCUT2D eigenvalue weighted by molar-refractivity contribution is -0.139. The molecule has 1 N–H and O–H groups in total. The molecule has 0 unspecified atom stereocenters. The minimum Gasteiger partial charge on any atom is -0.481 e. The van der Waals surface area contributed by atoms with Gasteiger partial charge in [0.15, 0.2) is 0 Å². The van der Waals surface area contributed by atoms with Crippen molar-refractivity contribution in [3.63, 3.8) is 0 Å². The van der Waals surface area contributed by atoms with E-state index >= 15 is 0 Å². The molecule has 1 heterocycles. The molecule has 4 heteroatoms. The highest BCUT2D eigenvalue weighted by atomic mass is 16.5. The molecule has 0 bridgehead atoms. The predicted octanol–water partition coefficient (Wildman–Crippen LogP) is 0.429. The number of carbonyl (C=O) groups is 1. The molecule has 0 amide bonds. The molecule has 0 aliphatic carbocycles. The number of carboxylic acid groups (broad SMARTS) is 1. The van der Waals surface area contributed by atoms with E-state index in [1.54, 1.807) is 0 Å². The third-order valence-electron chi connectivity index (χ3n) is 2.25. The highest BCUT2D eigenvalue weighted by molar-refractivity contribution is 5.67. The van der Waals surface area contributed by atoms with Crippen molar-refractivity contribution < 1.29 is 14.6 Å². The van der Waals surface area contributed by atoms with Crippen LogP contribution in [-0.4, -0.2) is 48.8 Å². The van der Waals surface area contributed by atoms with Gasteiger partial charge in [-0.15, -0.1) is 0 Å². The van der Waals surface area contributed by atoms with Crippen molar-refractivity contribution in [3.8, 4) is 0 Å². The second-order valence-electron chi connectivity index (χ2n) is 3.42. The Bertz CT molecular complexity index is 166. The second-order valence-corrected chi connectivity index (χ2v) is 3.42. The summed E-state index contributed by atoms with van der Waals surface area (Å²) in [6, 6.07) is 0. The van der Waals surface area contributed by atoms with E-state index in [0.717, 1.165) is 32.8 Å². The van der Waals surface area contributed by atoms with Crippen molar-refractivity contribution >= 4 is 5.97 Å². The van der Waals surface area contributed by atoms with Gasteiger partial charge in [-0.2, -0.15) is 0 Å². The van der Waals surface area contributed by atoms with Crippen LogP contribution >= 0.6 is 0 Å². The summed E-state index contributed by atoms with van der Waals surface area (Å²) in [6.07, 6.45) is 0.311. The molecule has 4 nitrogen and oxygen atoms in total. The summed E-state index contributed by atoms with van der Waals surface area (Å²) in [7, 11) is 0. The normalized spacial score (nSPS) is 18.5. The zero-order valence-electron chi connectivity index (χ0n) is 8.03. The summed E-state index contributed by atoms with van der Waals surface area (Å²) in [5, 5.41) is 8.51. The van der Waals surface area contributed by atoms with Crippen LogP contribution in [0.3, 0.4) is 0 Å². The van der Waals surface area contributed by atoms with Crippen molar-refractivity contribution in [1.29, 1.82) is 0 Å². The van der Waals surface area contributed by atoms with Crippen molar-refractivity contribution in [2.45, 2.75) is 13.3 Å². The zero-order valence-corrected chi connectivity index (χ0v) is 8.03. The van der Waals surface area contributed by atoms with Gasteiger partial charge in [0.2, 0.25) is 0 Å². The minimum absolute atomic E-state index is 0.311. The number of ether oxygens (including phenoxy) is 1. The standard InChI is InChI=1S/C9H17NO3/c1-2-13-4-3-10-6-8(7-10)5-9(11)12/h8H,2-7H2,1H3,(H,11,12). The SMILES string of the molecule is CCOCCN1CC(CC(=O)O)C1. The number of hydrogen-bond acceptors (Lipinski definition) is 3. The second kappa shape index (κ2) is 5.19. The Hall–Kier alpha value is -0.610. The molecule has 1 saturated heterocycles. The largest absolute Gasteiger partial charge is 0.481 e. The highest BCUT2D eigenvalue weighted by Gasteiger charge is 2.27. The molecular formula is C9H17NO3. The molecule has 1 aliphatic rings. The first-order chi connectivity index (χ1) is 6.22. The third kappa shape index (κ3) is 3.74. The first kappa shape index (κ1) is 10.5. The monoisotopic (exact) mass is 187 g/mol. The summed E-state index contributed by atoms with van der Waals surface area (Å²) < 4.78 is 5.20. The molecule has 13 heavy (non-hydrogen) atoms. The van der Waals surface area contributed by atoms with Crippen LogP contribution < -0.4 is 0 Å². The Morgan fingerprint density at radius 1 is 1.62 bits per heavy atom. The number of nitrogens with zero attached hydrogens (tertiary/aromatic N) is 1. The van der Waals surface area contributed by atoms with Crippen LogP contribution in [0.1, 0.15) is 13.3 Å². The van der Waals surface area contributed by atoms with Crippen LogP contribution in [0.4, 0.5) is 0 Å². The Labute approximate surface area is 78.5 Å². The number of carboxylic acids is 1. The minimum atomic E-state index is -0.686. The predicted molar refractivity (Wildman–Crippen MR) is 48.7 cm³/mol. The lowest BCUT2D eigenvalue weighted by Gasteiger charge is -2.38. The molecule has 1 aliphatic heterocycles. The maximum atomic E-state index is 10.3. The molecule has 0 aromatic rings. The van der Waals surface area contributed by atoms with Gasteiger partial charge < -0.3 is 14.7 Å². The number of aliphatic carboxylic acids is 1. The van der Waals surface area contributed by atoms with Gasteiger partial charge in [-0.3, -0.25) is 4.79 Å². The van der Waals surface area contributed by atoms with E-state index in [9.17, 15) is 4.79 Å². The van der Waals surface area contributed by atoms with Crippen LogP contribution in [0, 0.1) is 5.92 Å². The highest BCUT2D eigenvalue weighted by Crippen LogP contribution is 2.17. The van der Waals surface area contributed by atoms with Crippen LogP contribution in [0.25, 0.3) is 0 Å². The molecule has 0 aromatic heterocycles. The van der Waals surface area contributed by atoms with Crippen molar-refractivity contribution in [2.75, 3.05) is 32.8 Å². The van der Waals surface area contributed by atoms with Gasteiger partial charge in [0, 0.05) is 26.2 Å². The van der Waals surface area contributed by atoms with Crippen molar-refractivity contribution in [3.05, 3.63) is 0 Å². The fourth-order valence-electron chi connectivity index (χ4n) is 1.57. The quantitative estimate of drug-likeness (QED) is 0.613. The fourth-order valence-corrected chi connectivity index (χ4v) is 1.57. The molecule has 0 spiro atoms. The Kier molecular flexibility index (Phi) is 4.18. The van der Waals surface area contributed by atoms with E-state index in [1.807, 2.05) is 6.92 Å². The smallest absolute Gasteiger partial charge is 0.303 e. The van der Waals surface area contributed by atoms with Crippen LogP contribution in [0.2, 0.25) is 0 Å². The average Bonchev–Trinajstić information content (AvgIpc) is 1.99. The van der Waals surface area contributed by atoms with Crippen LogP contribution in [-0.2, 0) is 9.53 Å². The van der Waals surface area contributed by atoms with Crippen LogP contribution in [0.5, 0.6) is 0 Å². The molecule has 1 rings (SSSR count). The Morgan fingerprint density at radius 2 is 2.31 bits per heavy atom. The van der Waals surface area contributed by atoms with E-state index in [1.165, 1.54) is 0 Å². The maximum absolute atomic E-state index is 10.3. The number of rotatable bonds is 6. The summed E-state index contributed by atoms with van der Waals surface area (Å²) in [5.74, 6) is -0.325. The van der Waals surface area contributed by atoms with Crippen molar-refractivity contribution in [1.82, 2.24) is 4.90 Å². The Morgan fingerprint density at radius 3 is 2.85 bits per heavy atom. The van der Waals surface area contributed by atoms with E-state index in [2.05, 4.69) is 4.90 Å². The van der Waals surface area contributed by atoms with Gasteiger partial charge >= 0.3 is 5.97 Å². The number of likely N-dealkylation sites (tertiary alicyclic amines) is 1. The number of hydrogen-bond donors (Lipinski definition) is 1. The van der Waals surface area contributed by atoms with Gasteiger partial charge in [-0.1, -0.05) is 0 Å². The molecule has 0 atom stereocenters. The molecule has 0 saturated carbocycles. The lowest BCUT2D eigenvalue weighted by Crippen LogP contribution is -2.48. The average molecular weight is 187 g/mol. The third-order valence-corrected chi connectivity index (χ3v) is 2.25. The van der Waals surface area contributed by atoms with Gasteiger partial charge in [0.1, 0.15) is 0 Å². The van der Waals surface area contributed by atoms with E-state index in [-0.39, 0.29) is 0 Å². The van der Waals surface area contributed by atoms with E-state index in [4.69, 9.17) is 9.84 Å². The summed E-state index contributed by atoms with van der Waals surface area (Å²) in [5.41, 5.74) is 0. The van der Waals surface area contributed by atoms with Gasteiger partial charge in [0.05, 0.1) is 13.0 Å². The molecular weight excluding hydrogens is 170 g/mol. The summed E-state index contributed by atoms with van der Waals surface area (Å²) >= 11 is 0. The lowest BCUT2D eigenvalue weighted by atomic mass is 9.97. The van der Waals surface area contributed by atoms with E-state index in [0.29, 0.717) is 12.3 Å². The fraction of sp³-hybridized carbons (Fsp3) is 0.889. The van der Waals surface area contributed by atoms with E-state index < -0.39 is 5.97 Å². The van der Waals surface area contributed by atoms with Gasteiger partial charge in [0.25, 0.3) is 0 Å². The summed E-state index contributed by atoms with van der Waals surface area (Å²) in [4.78, 5) is 12.6. The zero-order chi connectivity index (χ0) is 9.68.